The van der Waals surface area contributed by atoms with Gasteiger partial charge in [0.2, 0.25) is 0 Å². The third-order valence-corrected chi connectivity index (χ3v) is 2.20. The van der Waals surface area contributed by atoms with Gasteiger partial charge >= 0.3 is 0 Å². The Kier molecular flexibility index (Phi) is 5.06. The summed E-state index contributed by atoms with van der Waals surface area (Å²) in [6.07, 6.45) is 13.6. The molecule has 1 rings (SSSR count). The number of ether oxygens (including phenoxy) is 1. The van der Waals surface area contributed by atoms with Crippen LogP contribution in [0.3, 0.4) is 0 Å². The number of allylic oxidation sites excluding steroid dienone is 8. The molecule has 84 valence electrons. The molecule has 1 unspecified atom stereocenters. The van der Waals surface area contributed by atoms with Crippen LogP contribution in [-0.4, -0.2) is 0 Å². The monoisotopic (exact) mass is 278 g/mol. The first-order valence-electron chi connectivity index (χ1n) is 5.04. The molecule has 1 aliphatic carbocycles. The molecule has 0 fully saturated rings. The lowest BCUT2D eigenvalue weighted by Gasteiger charge is -2.04. The highest BCUT2D eigenvalue weighted by molar-refractivity contribution is 9.11. The minimum absolute atomic E-state index is 0.434. The maximum Gasteiger partial charge on any atom is 0.127 e. The van der Waals surface area contributed by atoms with E-state index in [0.717, 1.165) is 10.2 Å². The van der Waals surface area contributed by atoms with E-state index in [4.69, 9.17) is 4.74 Å². The van der Waals surface area contributed by atoms with Gasteiger partial charge in [-0.1, -0.05) is 54.2 Å². The highest BCUT2D eigenvalue weighted by atomic mass is 79.9. The topological polar surface area (TPSA) is 9.23 Å². The fourth-order valence-electron chi connectivity index (χ4n) is 1.13. The first-order valence-corrected chi connectivity index (χ1v) is 5.83. The summed E-state index contributed by atoms with van der Waals surface area (Å²) in [5, 5.41) is 0. The van der Waals surface area contributed by atoms with Gasteiger partial charge in [0.1, 0.15) is 11.5 Å². The van der Waals surface area contributed by atoms with Gasteiger partial charge in [-0.3, -0.25) is 0 Å². The molecule has 16 heavy (non-hydrogen) atoms. The second kappa shape index (κ2) is 6.33. The van der Waals surface area contributed by atoms with Crippen molar-refractivity contribution in [2.45, 2.75) is 6.92 Å². The number of hydrogen-bond acceptors (Lipinski definition) is 1. The van der Waals surface area contributed by atoms with Crippen molar-refractivity contribution in [1.82, 2.24) is 0 Å². The Morgan fingerprint density at radius 1 is 1.38 bits per heavy atom. The van der Waals surface area contributed by atoms with E-state index >= 15 is 0 Å². The molecule has 0 aromatic carbocycles. The van der Waals surface area contributed by atoms with E-state index in [1.165, 1.54) is 0 Å². The highest BCUT2D eigenvalue weighted by Crippen LogP contribution is 2.14. The number of hydrogen-bond donors (Lipinski definition) is 0. The lowest BCUT2D eigenvalue weighted by atomic mass is 10.2. The summed E-state index contributed by atoms with van der Waals surface area (Å²) in [5.41, 5.74) is 0. The molecule has 0 amide bonds. The van der Waals surface area contributed by atoms with Crippen molar-refractivity contribution in [2.75, 3.05) is 0 Å². The second-order valence-corrected chi connectivity index (χ2v) is 4.54. The molecule has 0 spiro atoms. The molecule has 0 aliphatic heterocycles. The van der Waals surface area contributed by atoms with Gasteiger partial charge in [-0.25, -0.2) is 0 Å². The molecule has 0 N–H and O–H groups in total. The van der Waals surface area contributed by atoms with Crippen molar-refractivity contribution in [1.29, 1.82) is 0 Å². The fraction of sp³-hybridized carbons (Fsp3) is 0.143. The van der Waals surface area contributed by atoms with Crippen molar-refractivity contribution >= 4 is 15.9 Å². The predicted octanol–water partition coefficient (Wildman–Crippen LogP) is 4.63. The first-order chi connectivity index (χ1) is 7.58. The predicted molar refractivity (Wildman–Crippen MR) is 73.0 cm³/mol. The molecule has 0 saturated heterocycles. The van der Waals surface area contributed by atoms with Crippen LogP contribution in [0.2, 0.25) is 0 Å². The summed E-state index contributed by atoms with van der Waals surface area (Å²) in [4.78, 5) is 0. The van der Waals surface area contributed by atoms with Gasteiger partial charge in [0.15, 0.2) is 0 Å². The van der Waals surface area contributed by atoms with Gasteiger partial charge in [-0.05, 0) is 30.2 Å². The minimum Gasteiger partial charge on any atom is -0.458 e. The second-order valence-electron chi connectivity index (χ2n) is 3.52. The largest absolute Gasteiger partial charge is 0.458 e. The van der Waals surface area contributed by atoms with Crippen molar-refractivity contribution in [2.24, 2.45) is 5.92 Å². The molecule has 0 heterocycles. The van der Waals surface area contributed by atoms with E-state index in [2.05, 4.69) is 48.2 Å². The van der Waals surface area contributed by atoms with Gasteiger partial charge in [-0.2, -0.15) is 0 Å². The zero-order valence-corrected chi connectivity index (χ0v) is 10.9. The third kappa shape index (κ3) is 4.99. The smallest absolute Gasteiger partial charge is 0.127 e. The fourth-order valence-corrected chi connectivity index (χ4v) is 1.26. The highest BCUT2D eigenvalue weighted by Gasteiger charge is 1.99. The summed E-state index contributed by atoms with van der Waals surface area (Å²) in [7, 11) is 0. The van der Waals surface area contributed by atoms with E-state index in [9.17, 15) is 0 Å². The summed E-state index contributed by atoms with van der Waals surface area (Å²) in [6, 6.07) is 0. The molecular formula is C14H15BrO. The standard InChI is InChI=1S/C14H15BrO/c1-11-5-4-6-14(10-7-11)16-13(3)9-8-12(2)15/h4-11H,2-3H2,1H3/b9-8-. The van der Waals surface area contributed by atoms with Crippen LogP contribution >= 0.6 is 15.9 Å². The molecule has 0 saturated carbocycles. The SMILES string of the molecule is C=C(Br)/C=C\C(=C)OC1=CC=CC(C)C=C1. The van der Waals surface area contributed by atoms with Crippen LogP contribution in [0.5, 0.6) is 0 Å². The quantitative estimate of drug-likeness (QED) is 0.538. The van der Waals surface area contributed by atoms with Crippen molar-refractivity contribution in [3.63, 3.8) is 0 Å². The molecule has 0 aromatic rings. The van der Waals surface area contributed by atoms with Gasteiger partial charge in [0, 0.05) is 4.48 Å². The first kappa shape index (κ1) is 12.8. The van der Waals surface area contributed by atoms with Crippen LogP contribution < -0.4 is 0 Å². The summed E-state index contributed by atoms with van der Waals surface area (Å²) < 4.78 is 6.34. The summed E-state index contributed by atoms with van der Waals surface area (Å²) in [6.45, 7) is 9.61. The molecule has 0 bridgehead atoms. The van der Waals surface area contributed by atoms with Gasteiger partial charge in [0.25, 0.3) is 0 Å². The van der Waals surface area contributed by atoms with Crippen LogP contribution in [0.4, 0.5) is 0 Å². The molecule has 1 nitrogen and oxygen atoms in total. The Bertz CT molecular complexity index is 397. The van der Waals surface area contributed by atoms with Gasteiger partial charge in [0.05, 0.1) is 0 Å². The summed E-state index contributed by atoms with van der Waals surface area (Å²) >= 11 is 3.23. The van der Waals surface area contributed by atoms with E-state index < -0.39 is 0 Å². The Morgan fingerprint density at radius 2 is 2.12 bits per heavy atom. The van der Waals surface area contributed by atoms with Gasteiger partial charge in [-0.15, -0.1) is 0 Å². The van der Waals surface area contributed by atoms with E-state index in [-0.39, 0.29) is 0 Å². The number of rotatable bonds is 4. The zero-order valence-electron chi connectivity index (χ0n) is 9.32. The molecular weight excluding hydrogens is 264 g/mol. The molecule has 1 atom stereocenters. The lowest BCUT2D eigenvalue weighted by Crippen LogP contribution is -1.86. The zero-order chi connectivity index (χ0) is 12.0. The Hall–Kier alpha value is -1.28. The Labute approximate surface area is 105 Å². The van der Waals surface area contributed by atoms with Crippen molar-refractivity contribution < 1.29 is 4.74 Å². The maximum absolute atomic E-state index is 5.55. The van der Waals surface area contributed by atoms with E-state index in [1.807, 2.05) is 18.2 Å². The Morgan fingerprint density at radius 3 is 2.81 bits per heavy atom. The third-order valence-electron chi connectivity index (χ3n) is 1.94. The van der Waals surface area contributed by atoms with E-state index in [0.29, 0.717) is 11.7 Å². The van der Waals surface area contributed by atoms with Crippen LogP contribution in [0, 0.1) is 5.92 Å². The van der Waals surface area contributed by atoms with Crippen molar-refractivity contribution in [3.05, 3.63) is 71.7 Å². The number of halogens is 1. The molecule has 0 radical (unpaired) electrons. The summed E-state index contributed by atoms with van der Waals surface area (Å²) in [5.74, 6) is 1.80. The van der Waals surface area contributed by atoms with Crippen LogP contribution in [0.15, 0.2) is 71.7 Å². The Balaban J connectivity index is 2.58. The molecule has 1 aliphatic rings. The van der Waals surface area contributed by atoms with Crippen LogP contribution in [0.1, 0.15) is 6.92 Å². The average molecular weight is 279 g/mol. The van der Waals surface area contributed by atoms with Gasteiger partial charge < -0.3 is 4.74 Å². The van der Waals surface area contributed by atoms with Crippen LogP contribution in [-0.2, 0) is 4.74 Å². The lowest BCUT2D eigenvalue weighted by molar-refractivity contribution is 0.338. The molecule has 2 heteroatoms. The maximum atomic E-state index is 5.55. The van der Waals surface area contributed by atoms with Crippen molar-refractivity contribution in [3.8, 4) is 0 Å². The van der Waals surface area contributed by atoms with Crippen LogP contribution in [0.25, 0.3) is 0 Å². The molecule has 0 aromatic heterocycles. The minimum atomic E-state index is 0.434. The van der Waals surface area contributed by atoms with E-state index in [1.54, 1.807) is 12.2 Å². The average Bonchev–Trinajstić information content (AvgIpc) is 2.41. The normalized spacial score (nSPS) is 19.4.